The Bertz CT molecular complexity index is 115. The van der Waals surface area contributed by atoms with Crippen molar-refractivity contribution in [2.45, 2.75) is 38.8 Å². The fraction of sp³-hybridized carbons (Fsp3) is 1.00. The largest absolute Gasteiger partial charge is 0.395 e. The lowest BCUT2D eigenvalue weighted by Gasteiger charge is -2.23. The summed E-state index contributed by atoms with van der Waals surface area (Å²) in [4.78, 5) is 0. The number of rotatable bonds is 6. The van der Waals surface area contributed by atoms with Crippen molar-refractivity contribution < 1.29 is 9.84 Å². The Labute approximate surface area is 75.1 Å². The summed E-state index contributed by atoms with van der Waals surface area (Å²) >= 11 is 0. The Hall–Kier alpha value is -0.120. The van der Waals surface area contributed by atoms with E-state index in [1.54, 1.807) is 7.11 Å². The second-order valence-electron chi connectivity index (χ2n) is 3.75. The van der Waals surface area contributed by atoms with Crippen LogP contribution in [0.1, 0.15) is 27.2 Å². The summed E-state index contributed by atoms with van der Waals surface area (Å²) < 4.78 is 5.25. The van der Waals surface area contributed by atoms with Crippen LogP contribution in [0.4, 0.5) is 0 Å². The van der Waals surface area contributed by atoms with E-state index in [0.717, 1.165) is 13.0 Å². The van der Waals surface area contributed by atoms with Crippen molar-refractivity contribution >= 4 is 0 Å². The Morgan fingerprint density at radius 1 is 1.50 bits per heavy atom. The molecule has 0 amide bonds. The molecule has 0 rings (SSSR count). The van der Waals surface area contributed by atoms with Gasteiger partial charge in [-0.2, -0.15) is 0 Å². The van der Waals surface area contributed by atoms with Crippen molar-refractivity contribution in [2.24, 2.45) is 0 Å². The molecular formula is C9H21NO2. The zero-order valence-electron chi connectivity index (χ0n) is 8.55. The molecule has 0 saturated heterocycles. The SMILES string of the molecule is COC(C)(C)CCNC(C)CO. The molecule has 0 fully saturated rings. The Kier molecular flexibility index (Phi) is 5.46. The number of ether oxygens (including phenoxy) is 1. The van der Waals surface area contributed by atoms with Crippen LogP contribution in [0.15, 0.2) is 0 Å². The zero-order chi connectivity index (χ0) is 9.61. The first-order valence-corrected chi connectivity index (χ1v) is 4.41. The molecule has 0 spiro atoms. The second kappa shape index (κ2) is 5.51. The lowest BCUT2D eigenvalue weighted by atomic mass is 10.1. The van der Waals surface area contributed by atoms with Gasteiger partial charge in [-0.15, -0.1) is 0 Å². The van der Waals surface area contributed by atoms with Crippen LogP contribution in [-0.4, -0.2) is 37.0 Å². The van der Waals surface area contributed by atoms with Crippen LogP contribution in [0.25, 0.3) is 0 Å². The molecule has 3 nitrogen and oxygen atoms in total. The maximum atomic E-state index is 8.73. The maximum Gasteiger partial charge on any atom is 0.0634 e. The Morgan fingerprint density at radius 2 is 2.08 bits per heavy atom. The van der Waals surface area contributed by atoms with Crippen LogP contribution >= 0.6 is 0 Å². The summed E-state index contributed by atoms with van der Waals surface area (Å²) in [7, 11) is 1.72. The lowest BCUT2D eigenvalue weighted by Crippen LogP contribution is -2.35. The Morgan fingerprint density at radius 3 is 2.50 bits per heavy atom. The van der Waals surface area contributed by atoms with Gasteiger partial charge in [0.15, 0.2) is 0 Å². The van der Waals surface area contributed by atoms with Gasteiger partial charge in [0.05, 0.1) is 12.2 Å². The monoisotopic (exact) mass is 175 g/mol. The van der Waals surface area contributed by atoms with Gasteiger partial charge in [-0.1, -0.05) is 0 Å². The van der Waals surface area contributed by atoms with Gasteiger partial charge < -0.3 is 15.2 Å². The molecule has 0 aliphatic heterocycles. The van der Waals surface area contributed by atoms with Gasteiger partial charge in [-0.25, -0.2) is 0 Å². The highest BCUT2D eigenvalue weighted by molar-refractivity contribution is 4.70. The van der Waals surface area contributed by atoms with Gasteiger partial charge in [0.1, 0.15) is 0 Å². The predicted octanol–water partition coefficient (Wildman–Crippen LogP) is 0.772. The van der Waals surface area contributed by atoms with E-state index in [2.05, 4.69) is 19.2 Å². The molecular weight excluding hydrogens is 154 g/mol. The molecule has 0 heterocycles. The predicted molar refractivity (Wildman–Crippen MR) is 50.3 cm³/mol. The van der Waals surface area contributed by atoms with E-state index < -0.39 is 0 Å². The summed E-state index contributed by atoms with van der Waals surface area (Å²) in [6.45, 7) is 7.13. The van der Waals surface area contributed by atoms with E-state index in [0.29, 0.717) is 0 Å². The fourth-order valence-electron chi connectivity index (χ4n) is 0.786. The third-order valence-corrected chi connectivity index (χ3v) is 2.05. The van der Waals surface area contributed by atoms with Crippen LogP contribution in [0.5, 0.6) is 0 Å². The molecule has 2 N–H and O–H groups in total. The number of aliphatic hydroxyl groups excluding tert-OH is 1. The number of hydrogen-bond acceptors (Lipinski definition) is 3. The van der Waals surface area contributed by atoms with Crippen molar-refractivity contribution in [1.29, 1.82) is 0 Å². The van der Waals surface area contributed by atoms with E-state index in [9.17, 15) is 0 Å². The highest BCUT2D eigenvalue weighted by Gasteiger charge is 2.15. The molecule has 0 aliphatic rings. The molecule has 1 atom stereocenters. The highest BCUT2D eigenvalue weighted by Crippen LogP contribution is 2.11. The molecule has 74 valence electrons. The molecule has 1 unspecified atom stereocenters. The molecule has 0 aromatic heterocycles. The third-order valence-electron chi connectivity index (χ3n) is 2.05. The summed E-state index contributed by atoms with van der Waals surface area (Å²) in [6.07, 6.45) is 0.952. The van der Waals surface area contributed by atoms with E-state index in [-0.39, 0.29) is 18.2 Å². The molecule has 0 radical (unpaired) electrons. The topological polar surface area (TPSA) is 41.5 Å². The van der Waals surface area contributed by atoms with Crippen molar-refractivity contribution in [3.63, 3.8) is 0 Å². The first kappa shape index (κ1) is 11.9. The summed E-state index contributed by atoms with van der Waals surface area (Å²) in [6, 6.07) is 0.178. The molecule has 0 aromatic rings. The molecule has 12 heavy (non-hydrogen) atoms. The van der Waals surface area contributed by atoms with E-state index in [1.807, 2.05) is 6.92 Å². The molecule has 0 aliphatic carbocycles. The smallest absolute Gasteiger partial charge is 0.0634 e. The van der Waals surface area contributed by atoms with Gasteiger partial charge in [-0.05, 0) is 33.7 Å². The van der Waals surface area contributed by atoms with Gasteiger partial charge in [0.2, 0.25) is 0 Å². The first-order valence-electron chi connectivity index (χ1n) is 4.41. The van der Waals surface area contributed by atoms with Crippen molar-refractivity contribution in [3.8, 4) is 0 Å². The second-order valence-corrected chi connectivity index (χ2v) is 3.75. The maximum absolute atomic E-state index is 8.73. The quantitative estimate of drug-likeness (QED) is 0.626. The normalized spacial score (nSPS) is 14.8. The number of nitrogens with one attached hydrogen (secondary N) is 1. The molecule has 0 bridgehead atoms. The average Bonchev–Trinajstić information content (AvgIpc) is 2.04. The van der Waals surface area contributed by atoms with Gasteiger partial charge in [0.25, 0.3) is 0 Å². The molecule has 0 aromatic carbocycles. The minimum Gasteiger partial charge on any atom is -0.395 e. The molecule has 0 saturated carbocycles. The third kappa shape index (κ3) is 5.52. The van der Waals surface area contributed by atoms with Crippen molar-refractivity contribution in [3.05, 3.63) is 0 Å². The van der Waals surface area contributed by atoms with E-state index >= 15 is 0 Å². The fourth-order valence-corrected chi connectivity index (χ4v) is 0.786. The average molecular weight is 175 g/mol. The van der Waals surface area contributed by atoms with Crippen LogP contribution in [0.3, 0.4) is 0 Å². The minimum absolute atomic E-state index is 0.0673. The van der Waals surface area contributed by atoms with Gasteiger partial charge in [-0.3, -0.25) is 0 Å². The van der Waals surface area contributed by atoms with Crippen LogP contribution < -0.4 is 5.32 Å². The van der Waals surface area contributed by atoms with Gasteiger partial charge in [0, 0.05) is 13.2 Å². The highest BCUT2D eigenvalue weighted by atomic mass is 16.5. The number of methoxy groups -OCH3 is 1. The van der Waals surface area contributed by atoms with Crippen molar-refractivity contribution in [2.75, 3.05) is 20.3 Å². The van der Waals surface area contributed by atoms with E-state index in [4.69, 9.17) is 9.84 Å². The zero-order valence-corrected chi connectivity index (χ0v) is 8.55. The van der Waals surface area contributed by atoms with E-state index in [1.165, 1.54) is 0 Å². The number of hydrogen-bond donors (Lipinski definition) is 2. The summed E-state index contributed by atoms with van der Waals surface area (Å²) in [5, 5.41) is 11.9. The minimum atomic E-state index is -0.0673. The Balaban J connectivity index is 3.42. The van der Waals surface area contributed by atoms with Crippen LogP contribution in [0.2, 0.25) is 0 Å². The van der Waals surface area contributed by atoms with Crippen molar-refractivity contribution in [1.82, 2.24) is 5.32 Å². The molecule has 3 heteroatoms. The lowest BCUT2D eigenvalue weighted by molar-refractivity contribution is 0.0151. The standard InChI is InChI=1S/C9H21NO2/c1-8(7-11)10-6-5-9(2,3)12-4/h8,10-11H,5-7H2,1-4H3. The summed E-state index contributed by atoms with van der Waals surface area (Å²) in [5.41, 5.74) is -0.0673. The van der Waals surface area contributed by atoms with Crippen LogP contribution in [-0.2, 0) is 4.74 Å². The number of aliphatic hydroxyl groups is 1. The first-order chi connectivity index (χ1) is 5.52. The van der Waals surface area contributed by atoms with Crippen LogP contribution in [0, 0.1) is 0 Å². The summed E-state index contributed by atoms with van der Waals surface area (Å²) in [5.74, 6) is 0. The van der Waals surface area contributed by atoms with Gasteiger partial charge >= 0.3 is 0 Å².